The van der Waals surface area contributed by atoms with Crippen molar-refractivity contribution in [3.8, 4) is 0 Å². The molecule has 0 aliphatic carbocycles. The fourth-order valence-electron chi connectivity index (χ4n) is 1.22. The van der Waals surface area contributed by atoms with E-state index >= 15 is 0 Å². The molecule has 1 N–H and O–H groups in total. The molecule has 0 radical (unpaired) electrons. The van der Waals surface area contributed by atoms with Crippen molar-refractivity contribution >= 4 is 11.6 Å². The fourth-order valence-corrected chi connectivity index (χ4v) is 1.22. The molecule has 0 aliphatic heterocycles. The average molecular weight is 182 g/mol. The van der Waals surface area contributed by atoms with Crippen molar-refractivity contribution in [1.29, 1.82) is 0 Å². The Morgan fingerprint density at radius 2 is 2.08 bits per heavy atom. The van der Waals surface area contributed by atoms with E-state index in [0.29, 0.717) is 6.04 Å². The summed E-state index contributed by atoms with van der Waals surface area (Å²) in [5, 5.41) is 7.45. The molecule has 4 heteroatoms. The van der Waals surface area contributed by atoms with Gasteiger partial charge in [-0.3, -0.25) is 0 Å². The molecule has 0 bridgehead atoms. The molecular weight excluding hydrogens is 164 g/mol. The van der Waals surface area contributed by atoms with Gasteiger partial charge in [-0.2, -0.15) is 5.10 Å². The molecule has 0 aliphatic rings. The van der Waals surface area contributed by atoms with E-state index < -0.39 is 0 Å². The SMILES string of the molecule is CNc1cc(N(C)C)n(C(C)C)n1. The van der Waals surface area contributed by atoms with E-state index in [0.717, 1.165) is 11.6 Å². The van der Waals surface area contributed by atoms with Crippen LogP contribution in [-0.4, -0.2) is 30.9 Å². The Morgan fingerprint density at radius 3 is 2.38 bits per heavy atom. The minimum absolute atomic E-state index is 0.388. The van der Waals surface area contributed by atoms with Crippen LogP contribution in [0.4, 0.5) is 11.6 Å². The zero-order valence-corrected chi connectivity index (χ0v) is 9.00. The van der Waals surface area contributed by atoms with Crippen molar-refractivity contribution in [1.82, 2.24) is 9.78 Å². The third-order valence-electron chi connectivity index (χ3n) is 1.92. The number of rotatable bonds is 3. The minimum Gasteiger partial charge on any atom is -0.372 e. The third-order valence-corrected chi connectivity index (χ3v) is 1.92. The van der Waals surface area contributed by atoms with Gasteiger partial charge in [0.1, 0.15) is 11.6 Å². The molecule has 1 heterocycles. The monoisotopic (exact) mass is 182 g/mol. The lowest BCUT2D eigenvalue weighted by atomic mass is 10.4. The van der Waals surface area contributed by atoms with Crippen LogP contribution in [0.2, 0.25) is 0 Å². The molecule has 1 aromatic rings. The number of nitrogens with one attached hydrogen (secondary N) is 1. The molecule has 0 amide bonds. The lowest BCUT2D eigenvalue weighted by Crippen LogP contribution is -2.16. The summed E-state index contributed by atoms with van der Waals surface area (Å²) in [4.78, 5) is 2.06. The van der Waals surface area contributed by atoms with Crippen molar-refractivity contribution in [3.05, 3.63) is 6.07 Å². The van der Waals surface area contributed by atoms with Gasteiger partial charge in [-0.05, 0) is 13.8 Å². The highest BCUT2D eigenvalue weighted by atomic mass is 15.4. The van der Waals surface area contributed by atoms with Gasteiger partial charge in [0.05, 0.1) is 0 Å². The molecule has 0 atom stereocenters. The molecule has 0 saturated heterocycles. The maximum atomic E-state index is 4.41. The summed E-state index contributed by atoms with van der Waals surface area (Å²) in [5.41, 5.74) is 0. The van der Waals surface area contributed by atoms with Crippen LogP contribution in [0.5, 0.6) is 0 Å². The normalized spacial score (nSPS) is 10.6. The van der Waals surface area contributed by atoms with Crippen LogP contribution >= 0.6 is 0 Å². The summed E-state index contributed by atoms with van der Waals surface area (Å²) < 4.78 is 2.01. The number of aromatic nitrogens is 2. The molecule has 0 saturated carbocycles. The fraction of sp³-hybridized carbons (Fsp3) is 0.667. The Bertz CT molecular complexity index is 250. The maximum absolute atomic E-state index is 4.41. The van der Waals surface area contributed by atoms with Crippen molar-refractivity contribution in [2.24, 2.45) is 0 Å². The largest absolute Gasteiger partial charge is 0.372 e. The Labute approximate surface area is 79.5 Å². The third kappa shape index (κ3) is 1.94. The summed E-state index contributed by atoms with van der Waals surface area (Å²) >= 11 is 0. The van der Waals surface area contributed by atoms with Crippen molar-refractivity contribution in [2.45, 2.75) is 19.9 Å². The molecule has 4 nitrogen and oxygen atoms in total. The zero-order valence-electron chi connectivity index (χ0n) is 9.00. The van der Waals surface area contributed by atoms with Crippen LogP contribution in [-0.2, 0) is 0 Å². The highest BCUT2D eigenvalue weighted by Crippen LogP contribution is 2.20. The molecule has 0 aromatic carbocycles. The van der Waals surface area contributed by atoms with Gasteiger partial charge in [0.25, 0.3) is 0 Å². The van der Waals surface area contributed by atoms with E-state index in [1.807, 2.05) is 31.9 Å². The second-order valence-electron chi connectivity index (χ2n) is 3.57. The van der Waals surface area contributed by atoms with Crippen LogP contribution in [0.25, 0.3) is 0 Å². The first-order valence-electron chi connectivity index (χ1n) is 4.51. The summed E-state index contributed by atoms with van der Waals surface area (Å²) in [6, 6.07) is 2.43. The molecular formula is C9H18N4. The van der Waals surface area contributed by atoms with Gasteiger partial charge in [-0.25, -0.2) is 4.68 Å². The lowest BCUT2D eigenvalue weighted by molar-refractivity contribution is 0.534. The lowest BCUT2D eigenvalue weighted by Gasteiger charge is -2.16. The molecule has 1 rings (SSSR count). The minimum atomic E-state index is 0.388. The van der Waals surface area contributed by atoms with E-state index in [9.17, 15) is 0 Å². The maximum Gasteiger partial charge on any atom is 0.149 e. The van der Waals surface area contributed by atoms with Gasteiger partial charge < -0.3 is 10.2 Å². The summed E-state index contributed by atoms with van der Waals surface area (Å²) in [7, 11) is 5.93. The van der Waals surface area contributed by atoms with Gasteiger partial charge >= 0.3 is 0 Å². The Balaban J connectivity index is 3.08. The highest BCUT2D eigenvalue weighted by molar-refractivity contribution is 5.49. The number of nitrogens with zero attached hydrogens (tertiary/aromatic N) is 3. The number of hydrogen-bond donors (Lipinski definition) is 1. The van der Waals surface area contributed by atoms with Gasteiger partial charge in [0, 0.05) is 33.3 Å². The first kappa shape index (κ1) is 9.89. The molecule has 74 valence electrons. The highest BCUT2D eigenvalue weighted by Gasteiger charge is 2.10. The summed E-state index contributed by atoms with van der Waals surface area (Å²) in [6.07, 6.45) is 0. The van der Waals surface area contributed by atoms with Crippen LogP contribution in [0, 0.1) is 0 Å². The predicted molar refractivity (Wildman–Crippen MR) is 56.5 cm³/mol. The van der Waals surface area contributed by atoms with Crippen LogP contribution in [0.1, 0.15) is 19.9 Å². The van der Waals surface area contributed by atoms with Crippen LogP contribution < -0.4 is 10.2 Å². The average Bonchev–Trinajstić information content (AvgIpc) is 2.47. The summed E-state index contributed by atoms with van der Waals surface area (Å²) in [6.45, 7) is 4.25. The van der Waals surface area contributed by atoms with E-state index in [2.05, 4.69) is 29.2 Å². The van der Waals surface area contributed by atoms with Gasteiger partial charge in [-0.15, -0.1) is 0 Å². The topological polar surface area (TPSA) is 33.1 Å². The number of anilines is 2. The van der Waals surface area contributed by atoms with E-state index in [1.54, 1.807) is 0 Å². The predicted octanol–water partition coefficient (Wildman–Crippen LogP) is 1.57. The molecule has 0 spiro atoms. The van der Waals surface area contributed by atoms with Crippen LogP contribution in [0.15, 0.2) is 6.07 Å². The second kappa shape index (κ2) is 3.68. The van der Waals surface area contributed by atoms with Crippen molar-refractivity contribution in [2.75, 3.05) is 31.4 Å². The standard InChI is InChI=1S/C9H18N4/c1-7(2)13-9(12(4)5)6-8(10-3)11-13/h6-7H,1-5H3,(H,10,11). The van der Waals surface area contributed by atoms with E-state index in [-0.39, 0.29) is 0 Å². The molecule has 0 fully saturated rings. The van der Waals surface area contributed by atoms with Crippen molar-refractivity contribution in [3.63, 3.8) is 0 Å². The van der Waals surface area contributed by atoms with Crippen LogP contribution in [0.3, 0.4) is 0 Å². The number of hydrogen-bond acceptors (Lipinski definition) is 3. The Hall–Kier alpha value is -1.19. The smallest absolute Gasteiger partial charge is 0.149 e. The van der Waals surface area contributed by atoms with E-state index in [4.69, 9.17) is 0 Å². The Kier molecular flexibility index (Phi) is 2.80. The van der Waals surface area contributed by atoms with Crippen molar-refractivity contribution < 1.29 is 0 Å². The Morgan fingerprint density at radius 1 is 1.46 bits per heavy atom. The van der Waals surface area contributed by atoms with Gasteiger partial charge in [0.15, 0.2) is 0 Å². The van der Waals surface area contributed by atoms with Gasteiger partial charge in [-0.1, -0.05) is 0 Å². The summed E-state index contributed by atoms with van der Waals surface area (Å²) in [5.74, 6) is 2.04. The molecule has 13 heavy (non-hydrogen) atoms. The van der Waals surface area contributed by atoms with E-state index in [1.165, 1.54) is 0 Å². The quantitative estimate of drug-likeness (QED) is 0.770. The molecule has 1 aromatic heterocycles. The first-order valence-corrected chi connectivity index (χ1v) is 4.51. The molecule has 0 unspecified atom stereocenters. The first-order chi connectivity index (χ1) is 6.06. The second-order valence-corrected chi connectivity index (χ2v) is 3.57. The zero-order chi connectivity index (χ0) is 10.0. The van der Waals surface area contributed by atoms with Gasteiger partial charge in [0.2, 0.25) is 0 Å².